The standard InChI is InChI=1S/C19H22F5IN2O.CO2/c1-5-12-16(25)27(15(6-2)26-12)13-8-7-11(9-14(13)28-17(20)21)10-18(3,4)19(22,23)24;2-1-3/h7-9,17H,5-6,10H2,1-4H3;. The quantitative estimate of drug-likeness (QED) is 0.320. The number of rotatable bonds is 7. The lowest BCUT2D eigenvalue weighted by molar-refractivity contribution is -0.211. The monoisotopic (exact) mass is 560 g/mol. The second-order valence-corrected chi connectivity index (χ2v) is 8.15. The summed E-state index contributed by atoms with van der Waals surface area (Å²) in [6, 6.07) is 4.29. The van der Waals surface area contributed by atoms with Gasteiger partial charge in [0.25, 0.3) is 0 Å². The van der Waals surface area contributed by atoms with Crippen molar-refractivity contribution in [3.63, 3.8) is 0 Å². The van der Waals surface area contributed by atoms with Gasteiger partial charge in [-0.3, -0.25) is 4.57 Å². The Bertz CT molecular complexity index is 920. The number of hydrogen-bond donors (Lipinski definition) is 0. The normalized spacial score (nSPS) is 11.7. The van der Waals surface area contributed by atoms with Crippen molar-refractivity contribution in [2.75, 3.05) is 0 Å². The van der Waals surface area contributed by atoms with Crippen molar-refractivity contribution >= 4 is 28.7 Å². The van der Waals surface area contributed by atoms with Gasteiger partial charge in [-0.2, -0.15) is 31.5 Å². The number of imidazole rings is 1. The van der Waals surface area contributed by atoms with E-state index in [1.807, 2.05) is 13.8 Å². The lowest BCUT2D eigenvalue weighted by atomic mass is 9.85. The van der Waals surface area contributed by atoms with Crippen LogP contribution < -0.4 is 4.74 Å². The van der Waals surface area contributed by atoms with E-state index in [1.165, 1.54) is 18.2 Å². The van der Waals surface area contributed by atoms with Crippen LogP contribution in [0.4, 0.5) is 22.0 Å². The van der Waals surface area contributed by atoms with Gasteiger partial charge in [-0.15, -0.1) is 0 Å². The maximum atomic E-state index is 13.2. The van der Waals surface area contributed by atoms with Crippen molar-refractivity contribution in [3.05, 3.63) is 39.0 Å². The van der Waals surface area contributed by atoms with Gasteiger partial charge in [0.1, 0.15) is 15.3 Å². The van der Waals surface area contributed by atoms with Gasteiger partial charge in [-0.05, 0) is 53.1 Å². The second kappa shape index (κ2) is 11.0. The molecule has 0 atom stereocenters. The number of nitrogens with zero attached hydrogens (tertiary/aromatic N) is 2. The van der Waals surface area contributed by atoms with Crippen LogP contribution in [-0.2, 0) is 28.9 Å². The third-order valence-electron chi connectivity index (χ3n) is 4.50. The van der Waals surface area contributed by atoms with Crippen molar-refractivity contribution in [1.29, 1.82) is 0 Å². The van der Waals surface area contributed by atoms with E-state index < -0.39 is 18.2 Å². The minimum absolute atomic E-state index is 0.168. The minimum Gasteiger partial charge on any atom is -0.433 e. The highest BCUT2D eigenvalue weighted by Crippen LogP contribution is 2.41. The molecule has 0 saturated heterocycles. The average molecular weight is 560 g/mol. The fraction of sp³-hybridized carbons (Fsp3) is 0.500. The van der Waals surface area contributed by atoms with Crippen LogP contribution in [0, 0.1) is 9.12 Å². The zero-order valence-electron chi connectivity index (χ0n) is 17.3. The van der Waals surface area contributed by atoms with E-state index in [1.54, 1.807) is 4.57 Å². The Labute approximate surface area is 190 Å². The number of aromatic nitrogens is 2. The van der Waals surface area contributed by atoms with Crippen LogP contribution in [0.1, 0.15) is 44.8 Å². The zero-order chi connectivity index (χ0) is 24.0. The summed E-state index contributed by atoms with van der Waals surface area (Å²) < 4.78 is 72.8. The zero-order valence-corrected chi connectivity index (χ0v) is 19.5. The molecule has 2 aromatic rings. The Morgan fingerprint density at radius 2 is 1.74 bits per heavy atom. The Morgan fingerprint density at radius 1 is 1.16 bits per heavy atom. The predicted molar refractivity (Wildman–Crippen MR) is 110 cm³/mol. The highest BCUT2D eigenvalue weighted by molar-refractivity contribution is 14.1. The SMILES string of the molecule is CCc1nc(CC)n(-c2ccc(CC(C)(C)C(F)(F)F)cc2OC(F)F)c1I.O=C=O. The van der Waals surface area contributed by atoms with E-state index in [-0.39, 0.29) is 23.9 Å². The van der Waals surface area contributed by atoms with Crippen molar-refractivity contribution in [1.82, 2.24) is 9.55 Å². The molecule has 0 N–H and O–H groups in total. The first kappa shape index (κ1) is 27.0. The first-order valence-electron chi connectivity index (χ1n) is 9.22. The summed E-state index contributed by atoms with van der Waals surface area (Å²) in [4.78, 5) is 20.8. The number of carbonyl (C=O) groups excluding carboxylic acids is 2. The van der Waals surface area contributed by atoms with E-state index in [4.69, 9.17) is 9.59 Å². The number of alkyl halides is 5. The first-order valence-corrected chi connectivity index (χ1v) is 10.3. The largest absolute Gasteiger partial charge is 0.433 e. The van der Waals surface area contributed by atoms with Crippen LogP contribution in [0.2, 0.25) is 0 Å². The van der Waals surface area contributed by atoms with Gasteiger partial charge >= 0.3 is 18.9 Å². The Hall–Kier alpha value is -2.01. The fourth-order valence-corrected chi connectivity index (χ4v) is 3.90. The molecule has 0 aliphatic carbocycles. The number of halogens is 6. The molecule has 0 spiro atoms. The molecular weight excluding hydrogens is 538 g/mol. The highest BCUT2D eigenvalue weighted by atomic mass is 127. The van der Waals surface area contributed by atoms with Crippen molar-refractivity contribution in [2.45, 2.75) is 59.7 Å². The molecule has 0 fully saturated rings. The molecule has 1 heterocycles. The molecule has 31 heavy (non-hydrogen) atoms. The average Bonchev–Trinajstić information content (AvgIpc) is 2.96. The molecule has 0 unspecified atom stereocenters. The molecule has 1 aromatic heterocycles. The lowest BCUT2D eigenvalue weighted by Gasteiger charge is -2.28. The highest BCUT2D eigenvalue weighted by Gasteiger charge is 2.47. The molecule has 0 aliphatic heterocycles. The van der Waals surface area contributed by atoms with Crippen LogP contribution in [0.3, 0.4) is 0 Å². The molecule has 0 amide bonds. The summed E-state index contributed by atoms with van der Waals surface area (Å²) >= 11 is 2.09. The molecule has 0 aliphatic rings. The second-order valence-electron chi connectivity index (χ2n) is 7.13. The molecule has 0 saturated carbocycles. The molecule has 11 heteroatoms. The van der Waals surface area contributed by atoms with Crippen LogP contribution in [0.15, 0.2) is 18.2 Å². The third kappa shape index (κ3) is 6.73. The summed E-state index contributed by atoms with van der Waals surface area (Å²) in [5.41, 5.74) is -0.569. The van der Waals surface area contributed by atoms with E-state index in [9.17, 15) is 22.0 Å². The summed E-state index contributed by atoms with van der Waals surface area (Å²) in [5.74, 6) is 0.502. The number of aryl methyl sites for hydroxylation is 2. The number of hydrogen-bond acceptors (Lipinski definition) is 4. The van der Waals surface area contributed by atoms with E-state index in [0.717, 1.165) is 23.2 Å². The van der Waals surface area contributed by atoms with E-state index in [0.29, 0.717) is 24.4 Å². The Morgan fingerprint density at radius 3 is 2.19 bits per heavy atom. The molecule has 1 aromatic carbocycles. The van der Waals surface area contributed by atoms with Crippen LogP contribution in [0.5, 0.6) is 5.75 Å². The number of benzene rings is 1. The molecule has 0 radical (unpaired) electrons. The molecule has 0 bridgehead atoms. The van der Waals surface area contributed by atoms with Gasteiger partial charge in [0.15, 0.2) is 0 Å². The Balaban J connectivity index is 0.00000151. The Kier molecular flexibility index (Phi) is 9.62. The van der Waals surface area contributed by atoms with E-state index in [2.05, 4.69) is 32.3 Å². The smallest absolute Gasteiger partial charge is 0.394 e. The van der Waals surface area contributed by atoms with Crippen molar-refractivity contribution in [3.8, 4) is 11.4 Å². The summed E-state index contributed by atoms with van der Waals surface area (Å²) in [6.07, 6.45) is -3.28. The van der Waals surface area contributed by atoms with Crippen molar-refractivity contribution in [2.24, 2.45) is 5.41 Å². The molecule has 5 nitrogen and oxygen atoms in total. The fourth-order valence-electron chi connectivity index (χ4n) is 2.86. The molecular formula is C20H22F5IN2O3. The molecule has 2 rings (SSSR count). The van der Waals surface area contributed by atoms with Gasteiger partial charge < -0.3 is 4.74 Å². The molecule has 172 valence electrons. The van der Waals surface area contributed by atoms with Crippen molar-refractivity contribution < 1.29 is 36.3 Å². The maximum absolute atomic E-state index is 13.2. The maximum Gasteiger partial charge on any atom is 0.394 e. The van der Waals surface area contributed by atoms with Gasteiger partial charge in [0, 0.05) is 6.42 Å². The van der Waals surface area contributed by atoms with Gasteiger partial charge in [-0.1, -0.05) is 33.8 Å². The van der Waals surface area contributed by atoms with Gasteiger partial charge in [-0.25, -0.2) is 4.98 Å². The van der Waals surface area contributed by atoms with Crippen LogP contribution in [0.25, 0.3) is 5.69 Å². The predicted octanol–water partition coefficient (Wildman–Crippen LogP) is 5.75. The number of ether oxygens (including phenoxy) is 1. The summed E-state index contributed by atoms with van der Waals surface area (Å²) in [6.45, 7) is 2.89. The van der Waals surface area contributed by atoms with Crippen LogP contribution in [-0.4, -0.2) is 28.5 Å². The van der Waals surface area contributed by atoms with Gasteiger partial charge in [0.2, 0.25) is 0 Å². The lowest BCUT2D eigenvalue weighted by Crippen LogP contribution is -2.34. The summed E-state index contributed by atoms with van der Waals surface area (Å²) in [7, 11) is 0. The van der Waals surface area contributed by atoms with Gasteiger partial charge in [0.05, 0.1) is 16.8 Å². The third-order valence-corrected chi connectivity index (χ3v) is 5.61. The first-order chi connectivity index (χ1) is 14.3. The van der Waals surface area contributed by atoms with E-state index >= 15 is 0 Å². The summed E-state index contributed by atoms with van der Waals surface area (Å²) in [5, 5.41) is 0. The minimum atomic E-state index is -4.42. The topological polar surface area (TPSA) is 61.2 Å². The van der Waals surface area contributed by atoms with Crippen LogP contribution >= 0.6 is 22.6 Å².